The third-order valence-electron chi connectivity index (χ3n) is 5.05. The first-order valence-corrected chi connectivity index (χ1v) is 10.3. The summed E-state index contributed by atoms with van der Waals surface area (Å²) in [6.07, 6.45) is 2.06. The summed E-state index contributed by atoms with van der Waals surface area (Å²) in [7, 11) is 0. The number of ether oxygens (including phenoxy) is 1. The zero-order valence-electron chi connectivity index (χ0n) is 17.0. The Morgan fingerprint density at radius 2 is 1.70 bits per heavy atom. The maximum atomic E-state index is 12.1. The van der Waals surface area contributed by atoms with E-state index >= 15 is 0 Å². The van der Waals surface area contributed by atoms with Gasteiger partial charge in [-0.05, 0) is 42.7 Å². The van der Waals surface area contributed by atoms with Gasteiger partial charge in [0.15, 0.2) is 0 Å². The minimum absolute atomic E-state index is 0.0263. The van der Waals surface area contributed by atoms with Crippen molar-refractivity contribution >= 4 is 23.0 Å². The third-order valence-corrected chi connectivity index (χ3v) is 5.05. The van der Waals surface area contributed by atoms with Crippen LogP contribution in [-0.2, 0) is 16.0 Å². The zero-order valence-corrected chi connectivity index (χ0v) is 17.0. The Morgan fingerprint density at radius 1 is 1.03 bits per heavy atom. The summed E-state index contributed by atoms with van der Waals surface area (Å²) in [5.74, 6) is -0.0263. The van der Waals surface area contributed by atoms with Crippen LogP contribution in [0.15, 0.2) is 48.5 Å². The fourth-order valence-corrected chi connectivity index (χ4v) is 3.27. The number of nitro benzene ring substituents is 1. The summed E-state index contributed by atoms with van der Waals surface area (Å²) < 4.78 is 5.37. The van der Waals surface area contributed by atoms with Crippen molar-refractivity contribution in [2.45, 2.75) is 19.3 Å². The second kappa shape index (κ2) is 11.3. The molecule has 0 radical (unpaired) electrons. The standard InChI is InChI=1S/C22H28N4O4/c27-22(2-1-12-23-19-7-9-21(10-8-19)26(28)29)24-20-5-3-18(4-6-20)11-13-25-14-16-30-17-15-25/h3-10,23H,1-2,11-17H2,(H,24,27). The lowest BCUT2D eigenvalue weighted by molar-refractivity contribution is -0.384. The number of hydrogen-bond donors (Lipinski definition) is 2. The van der Waals surface area contributed by atoms with Gasteiger partial charge in [0.2, 0.25) is 5.91 Å². The number of anilines is 2. The number of hydrogen-bond acceptors (Lipinski definition) is 6. The Hall–Kier alpha value is -2.97. The van der Waals surface area contributed by atoms with Crippen LogP contribution in [-0.4, -0.2) is 55.1 Å². The molecule has 2 aromatic carbocycles. The largest absolute Gasteiger partial charge is 0.385 e. The molecule has 1 aliphatic heterocycles. The number of amides is 1. The van der Waals surface area contributed by atoms with Crippen molar-refractivity contribution in [3.63, 3.8) is 0 Å². The van der Waals surface area contributed by atoms with Crippen molar-refractivity contribution in [3.8, 4) is 0 Å². The van der Waals surface area contributed by atoms with Crippen molar-refractivity contribution in [1.29, 1.82) is 0 Å². The highest BCUT2D eigenvalue weighted by atomic mass is 16.6. The predicted molar refractivity (Wildman–Crippen MR) is 117 cm³/mol. The molecule has 30 heavy (non-hydrogen) atoms. The van der Waals surface area contributed by atoms with Crippen LogP contribution in [0.25, 0.3) is 0 Å². The third kappa shape index (κ3) is 7.13. The summed E-state index contributed by atoms with van der Waals surface area (Å²) in [5, 5.41) is 16.7. The lowest BCUT2D eigenvalue weighted by Gasteiger charge is -2.26. The van der Waals surface area contributed by atoms with E-state index in [0.717, 1.165) is 50.6 Å². The number of nitro groups is 1. The Morgan fingerprint density at radius 3 is 2.37 bits per heavy atom. The molecule has 8 nitrogen and oxygen atoms in total. The van der Waals surface area contributed by atoms with Gasteiger partial charge < -0.3 is 15.4 Å². The average molecular weight is 412 g/mol. The van der Waals surface area contributed by atoms with Crippen molar-refractivity contribution in [3.05, 3.63) is 64.2 Å². The van der Waals surface area contributed by atoms with Gasteiger partial charge in [0.25, 0.3) is 5.69 Å². The summed E-state index contributed by atoms with van der Waals surface area (Å²) >= 11 is 0. The van der Waals surface area contributed by atoms with E-state index in [1.807, 2.05) is 12.1 Å². The van der Waals surface area contributed by atoms with Gasteiger partial charge in [-0.25, -0.2) is 0 Å². The van der Waals surface area contributed by atoms with Crippen LogP contribution in [0, 0.1) is 10.1 Å². The molecule has 1 amide bonds. The second-order valence-electron chi connectivity index (χ2n) is 7.28. The highest BCUT2D eigenvalue weighted by Gasteiger charge is 2.10. The lowest BCUT2D eigenvalue weighted by atomic mass is 10.1. The summed E-state index contributed by atoms with van der Waals surface area (Å²) in [6.45, 7) is 5.26. The molecule has 2 N–H and O–H groups in total. The molecule has 0 unspecified atom stereocenters. The Balaban J connectivity index is 1.32. The van der Waals surface area contributed by atoms with Gasteiger partial charge in [0, 0.05) is 56.1 Å². The highest BCUT2D eigenvalue weighted by molar-refractivity contribution is 5.90. The molecule has 0 spiro atoms. The maximum Gasteiger partial charge on any atom is 0.269 e. The number of nitrogens with one attached hydrogen (secondary N) is 2. The van der Waals surface area contributed by atoms with E-state index in [0.29, 0.717) is 19.4 Å². The molecule has 3 rings (SSSR count). The Kier molecular flexibility index (Phi) is 8.17. The lowest BCUT2D eigenvalue weighted by Crippen LogP contribution is -2.37. The molecule has 0 atom stereocenters. The van der Waals surface area contributed by atoms with E-state index < -0.39 is 4.92 Å². The van der Waals surface area contributed by atoms with Crippen molar-refractivity contribution in [1.82, 2.24) is 4.90 Å². The van der Waals surface area contributed by atoms with Gasteiger partial charge in [0.05, 0.1) is 18.1 Å². The van der Waals surface area contributed by atoms with E-state index in [9.17, 15) is 14.9 Å². The molecule has 160 valence electrons. The predicted octanol–water partition coefficient (Wildman–Crippen LogP) is 3.30. The number of benzene rings is 2. The maximum absolute atomic E-state index is 12.1. The number of nitrogens with zero attached hydrogens (tertiary/aromatic N) is 2. The Bertz CT molecular complexity index is 818. The minimum atomic E-state index is -0.426. The molecule has 1 saturated heterocycles. The Labute approximate surface area is 176 Å². The number of carbonyl (C=O) groups excluding carboxylic acids is 1. The first-order chi connectivity index (χ1) is 14.6. The topological polar surface area (TPSA) is 96.7 Å². The number of rotatable bonds is 10. The van der Waals surface area contributed by atoms with E-state index in [1.54, 1.807) is 12.1 Å². The monoisotopic (exact) mass is 412 g/mol. The molecule has 0 aromatic heterocycles. The van der Waals surface area contributed by atoms with Gasteiger partial charge >= 0.3 is 0 Å². The number of carbonyl (C=O) groups is 1. The van der Waals surface area contributed by atoms with Crippen LogP contribution in [0.3, 0.4) is 0 Å². The SMILES string of the molecule is O=C(CCCNc1ccc([N+](=O)[O-])cc1)Nc1ccc(CCN2CCOCC2)cc1. The number of non-ortho nitro benzene ring substituents is 1. The van der Waals surface area contributed by atoms with E-state index in [1.165, 1.54) is 17.7 Å². The van der Waals surface area contributed by atoms with Crippen LogP contribution >= 0.6 is 0 Å². The fourth-order valence-electron chi connectivity index (χ4n) is 3.27. The second-order valence-corrected chi connectivity index (χ2v) is 7.28. The summed E-state index contributed by atoms with van der Waals surface area (Å²) in [5.41, 5.74) is 2.92. The molecule has 1 heterocycles. The van der Waals surface area contributed by atoms with Crippen LogP contribution in [0.1, 0.15) is 18.4 Å². The van der Waals surface area contributed by atoms with Gasteiger partial charge in [-0.2, -0.15) is 0 Å². The van der Waals surface area contributed by atoms with Gasteiger partial charge in [-0.3, -0.25) is 19.8 Å². The molecule has 1 fully saturated rings. The molecule has 0 aliphatic carbocycles. The van der Waals surface area contributed by atoms with Gasteiger partial charge in [-0.1, -0.05) is 12.1 Å². The van der Waals surface area contributed by atoms with E-state index in [4.69, 9.17) is 4.74 Å². The zero-order chi connectivity index (χ0) is 21.2. The first kappa shape index (κ1) is 21.7. The van der Waals surface area contributed by atoms with Crippen molar-refractivity contribution in [2.24, 2.45) is 0 Å². The molecular formula is C22H28N4O4. The molecule has 0 saturated carbocycles. The summed E-state index contributed by atoms with van der Waals surface area (Å²) in [6, 6.07) is 14.3. The molecule has 1 aliphatic rings. The van der Waals surface area contributed by atoms with Crippen molar-refractivity contribution < 1.29 is 14.5 Å². The quantitative estimate of drug-likeness (QED) is 0.353. The van der Waals surface area contributed by atoms with Crippen molar-refractivity contribution in [2.75, 3.05) is 50.0 Å². The molecular weight excluding hydrogens is 384 g/mol. The summed E-state index contributed by atoms with van der Waals surface area (Å²) in [4.78, 5) is 24.8. The fraction of sp³-hybridized carbons (Fsp3) is 0.409. The van der Waals surface area contributed by atoms with Gasteiger partial charge in [-0.15, -0.1) is 0 Å². The molecule has 0 bridgehead atoms. The van der Waals surface area contributed by atoms with Crippen LogP contribution in [0.4, 0.5) is 17.1 Å². The van der Waals surface area contributed by atoms with Gasteiger partial charge in [0.1, 0.15) is 0 Å². The van der Waals surface area contributed by atoms with Crippen LogP contribution < -0.4 is 10.6 Å². The van der Waals surface area contributed by atoms with E-state index in [2.05, 4.69) is 27.7 Å². The minimum Gasteiger partial charge on any atom is -0.385 e. The van der Waals surface area contributed by atoms with Crippen LogP contribution in [0.5, 0.6) is 0 Å². The smallest absolute Gasteiger partial charge is 0.269 e. The molecule has 8 heteroatoms. The van der Waals surface area contributed by atoms with Crippen LogP contribution in [0.2, 0.25) is 0 Å². The molecule has 2 aromatic rings. The number of morpholine rings is 1. The van der Waals surface area contributed by atoms with E-state index in [-0.39, 0.29) is 11.6 Å². The highest BCUT2D eigenvalue weighted by Crippen LogP contribution is 2.15. The average Bonchev–Trinajstić information content (AvgIpc) is 2.77. The normalized spacial score (nSPS) is 14.3. The first-order valence-electron chi connectivity index (χ1n) is 10.3.